The number of quaternary nitrogens is 1. The maximum atomic E-state index is 12.2. The van der Waals surface area contributed by atoms with E-state index in [2.05, 4.69) is 4.99 Å². The van der Waals surface area contributed by atoms with Crippen molar-refractivity contribution in [3.8, 4) is 11.3 Å². The van der Waals surface area contributed by atoms with Crippen molar-refractivity contribution in [2.24, 2.45) is 4.99 Å². The van der Waals surface area contributed by atoms with E-state index in [1.54, 1.807) is 36.4 Å². The first kappa shape index (κ1) is 17.7. The van der Waals surface area contributed by atoms with Crippen molar-refractivity contribution in [1.82, 2.24) is 0 Å². The third-order valence-corrected chi connectivity index (χ3v) is 5.42. The quantitative estimate of drug-likeness (QED) is 0.760. The second kappa shape index (κ2) is 7.51. The lowest BCUT2D eigenvalue weighted by molar-refractivity contribution is -0.812. The number of nitrogens with one attached hydrogen (secondary N) is 1. The number of rotatable bonds is 3. The van der Waals surface area contributed by atoms with Crippen LogP contribution in [0.1, 0.15) is 16.1 Å². The monoisotopic (exact) mass is 384 g/mol. The van der Waals surface area contributed by atoms with Crippen LogP contribution in [0, 0.1) is 0 Å². The summed E-state index contributed by atoms with van der Waals surface area (Å²) >= 11 is 1.34. The van der Waals surface area contributed by atoms with E-state index in [-0.39, 0.29) is 11.5 Å². The van der Waals surface area contributed by atoms with Gasteiger partial charge in [0, 0.05) is 17.2 Å². The van der Waals surface area contributed by atoms with Crippen LogP contribution in [0.15, 0.2) is 50.7 Å². The van der Waals surface area contributed by atoms with Crippen molar-refractivity contribution in [3.05, 3.63) is 52.6 Å². The van der Waals surface area contributed by atoms with Crippen molar-refractivity contribution < 1.29 is 28.7 Å². The predicted octanol–water partition coefficient (Wildman–Crippen LogP) is 0.195. The molecule has 8 heteroatoms. The van der Waals surface area contributed by atoms with Crippen LogP contribution in [0.4, 0.5) is 0 Å². The van der Waals surface area contributed by atoms with Crippen LogP contribution >= 0.6 is 11.8 Å². The first-order chi connectivity index (χ1) is 13.1. The summed E-state index contributed by atoms with van der Waals surface area (Å²) < 4.78 is 11.1. The first-order valence-electron chi connectivity index (χ1n) is 8.48. The molecule has 0 spiro atoms. The zero-order valence-corrected chi connectivity index (χ0v) is 15.1. The summed E-state index contributed by atoms with van der Waals surface area (Å²) in [6.45, 7) is 2.89. The Labute approximate surface area is 159 Å². The number of carbonyl (C=O) groups excluding carboxylic acids is 2. The van der Waals surface area contributed by atoms with Crippen LogP contribution in [-0.4, -0.2) is 43.3 Å². The summed E-state index contributed by atoms with van der Waals surface area (Å²) in [7, 11) is 0. The minimum atomic E-state index is -1.27. The molecule has 27 heavy (non-hydrogen) atoms. The molecule has 0 aliphatic carbocycles. The van der Waals surface area contributed by atoms with Gasteiger partial charge >= 0.3 is 0 Å². The van der Waals surface area contributed by atoms with Gasteiger partial charge in [0.15, 0.2) is 0 Å². The van der Waals surface area contributed by atoms with Crippen LogP contribution in [0.25, 0.3) is 17.4 Å². The van der Waals surface area contributed by atoms with Gasteiger partial charge < -0.3 is 19.1 Å². The molecule has 2 aromatic rings. The van der Waals surface area contributed by atoms with Crippen LogP contribution < -0.4 is 10.0 Å². The Balaban J connectivity index is 1.55. The lowest BCUT2D eigenvalue weighted by Crippen LogP contribution is -3.15. The summed E-state index contributed by atoms with van der Waals surface area (Å²) in [5.41, 5.74) is 0.487. The highest BCUT2D eigenvalue weighted by Gasteiger charge is 2.31. The smallest absolute Gasteiger partial charge is 0.289 e. The number of carboxylic acid groups (broad SMARTS) is 1. The van der Waals surface area contributed by atoms with Gasteiger partial charge in [-0.1, -0.05) is 24.3 Å². The zero-order valence-electron chi connectivity index (χ0n) is 14.3. The number of ether oxygens (including phenoxy) is 1. The van der Waals surface area contributed by atoms with Gasteiger partial charge in [0.05, 0.1) is 24.1 Å². The van der Waals surface area contributed by atoms with E-state index in [1.165, 1.54) is 17.8 Å². The fourth-order valence-electron chi connectivity index (χ4n) is 2.97. The molecular weight excluding hydrogens is 368 g/mol. The molecule has 1 fully saturated rings. The van der Waals surface area contributed by atoms with Crippen molar-refractivity contribution >= 4 is 34.9 Å². The molecule has 0 bridgehead atoms. The normalized spacial score (nSPS) is 19.5. The molecule has 0 unspecified atom stereocenters. The largest absolute Gasteiger partial charge is 0.545 e. The maximum absolute atomic E-state index is 12.2. The van der Waals surface area contributed by atoms with E-state index in [0.717, 1.165) is 23.2 Å². The number of amidine groups is 1. The number of hydrogen-bond donors (Lipinski definition) is 1. The lowest BCUT2D eigenvalue weighted by Gasteiger charge is -2.21. The first-order valence-corrected chi connectivity index (χ1v) is 9.29. The Bertz CT molecular complexity index is 957. The summed E-state index contributed by atoms with van der Waals surface area (Å²) in [6, 6.07) is 9.84. The molecule has 2 aliphatic heterocycles. The number of nitrogens with zero attached hydrogens (tertiary/aromatic N) is 1. The van der Waals surface area contributed by atoms with Crippen molar-refractivity contribution in [1.29, 1.82) is 0 Å². The van der Waals surface area contributed by atoms with Crippen molar-refractivity contribution in [2.45, 2.75) is 0 Å². The molecule has 138 valence electrons. The van der Waals surface area contributed by atoms with E-state index in [4.69, 9.17) is 9.15 Å². The minimum Gasteiger partial charge on any atom is -0.545 e. The molecule has 1 N–H and O–H groups in total. The van der Waals surface area contributed by atoms with Gasteiger partial charge in [-0.3, -0.25) is 9.69 Å². The van der Waals surface area contributed by atoms with E-state index in [9.17, 15) is 14.7 Å². The lowest BCUT2D eigenvalue weighted by atomic mass is 10.1. The van der Waals surface area contributed by atoms with Crippen molar-refractivity contribution in [2.75, 3.05) is 26.3 Å². The van der Waals surface area contributed by atoms with E-state index in [0.29, 0.717) is 35.2 Å². The van der Waals surface area contributed by atoms with E-state index >= 15 is 0 Å². The molecule has 1 aromatic heterocycles. The highest BCUT2D eigenvalue weighted by atomic mass is 32.2. The average Bonchev–Trinajstić information content (AvgIpc) is 3.30. The maximum Gasteiger partial charge on any atom is 0.289 e. The number of aliphatic imine (C=N–C) groups is 1. The molecule has 0 radical (unpaired) electrons. The average molecular weight is 384 g/mol. The van der Waals surface area contributed by atoms with Crippen LogP contribution in [0.3, 0.4) is 0 Å². The molecule has 1 saturated heterocycles. The molecule has 7 nitrogen and oxygen atoms in total. The Hall–Kier alpha value is -2.68. The third-order valence-electron chi connectivity index (χ3n) is 4.33. The molecule has 0 atom stereocenters. The summed E-state index contributed by atoms with van der Waals surface area (Å²) in [5.74, 6) is -0.698. The molecule has 1 amide bonds. The van der Waals surface area contributed by atoms with E-state index < -0.39 is 5.97 Å². The van der Waals surface area contributed by atoms with Gasteiger partial charge in [0.25, 0.3) is 11.1 Å². The van der Waals surface area contributed by atoms with Crippen LogP contribution in [0.5, 0.6) is 0 Å². The summed E-state index contributed by atoms with van der Waals surface area (Å²) in [6.07, 6.45) is 1.63. The molecule has 3 heterocycles. The number of benzene rings is 1. The van der Waals surface area contributed by atoms with Crippen molar-refractivity contribution in [3.63, 3.8) is 0 Å². The van der Waals surface area contributed by atoms with Crippen LogP contribution in [-0.2, 0) is 9.53 Å². The number of carboxylic acids is 1. The number of carbonyl (C=O) groups is 2. The van der Waals surface area contributed by atoms with Gasteiger partial charge in [-0.2, -0.15) is 0 Å². The standard InChI is InChI=1S/C19H16N2O5S/c22-17-16(27-19(20-17)21-7-9-25-10-8-21)11-12-5-6-15(26-12)13-3-1-2-4-14(13)18(23)24/h1-6,11H,7-10H2,(H,23,24). The highest BCUT2D eigenvalue weighted by Crippen LogP contribution is 2.30. The summed E-state index contributed by atoms with van der Waals surface area (Å²) in [5, 5.41) is 12.0. The predicted molar refractivity (Wildman–Crippen MR) is 98.0 cm³/mol. The number of hydrogen-bond acceptors (Lipinski definition) is 6. The number of amides is 1. The Morgan fingerprint density at radius 2 is 1.96 bits per heavy atom. The number of aromatic carboxylic acids is 1. The molecular formula is C19H16N2O5S. The molecule has 1 aromatic carbocycles. The van der Waals surface area contributed by atoms with Gasteiger partial charge in [-0.25, -0.2) is 0 Å². The SMILES string of the molecule is O=C1N=C([NH+]2CCOCC2)SC1=Cc1ccc(-c2ccccc2C(=O)[O-])o1. The van der Waals surface area contributed by atoms with Crippen LogP contribution in [0.2, 0.25) is 0 Å². The number of furan rings is 1. The van der Waals surface area contributed by atoms with Gasteiger partial charge in [0.2, 0.25) is 0 Å². The van der Waals surface area contributed by atoms with Gasteiger partial charge in [-0.15, -0.1) is 4.99 Å². The van der Waals surface area contributed by atoms with Gasteiger partial charge in [0.1, 0.15) is 24.6 Å². The van der Waals surface area contributed by atoms with Gasteiger partial charge in [-0.05, 0) is 23.9 Å². The zero-order chi connectivity index (χ0) is 18.8. The second-order valence-corrected chi connectivity index (χ2v) is 7.11. The summed E-state index contributed by atoms with van der Waals surface area (Å²) in [4.78, 5) is 29.2. The molecule has 0 saturated carbocycles. The fraction of sp³-hybridized carbons (Fsp3) is 0.211. The number of thioether (sulfide) groups is 1. The molecule has 4 rings (SSSR count). The van der Waals surface area contributed by atoms with E-state index in [1.807, 2.05) is 0 Å². The topological polar surface area (TPSA) is 96.4 Å². The molecule has 2 aliphatic rings. The Morgan fingerprint density at radius 1 is 1.19 bits per heavy atom. The highest BCUT2D eigenvalue weighted by molar-refractivity contribution is 8.18. The Kier molecular flexibility index (Phi) is 4.93. The number of morpholine rings is 1. The Morgan fingerprint density at radius 3 is 2.74 bits per heavy atom. The third kappa shape index (κ3) is 3.73. The minimum absolute atomic E-state index is 0.0545. The fourth-order valence-corrected chi connectivity index (χ4v) is 3.97. The second-order valence-electron chi connectivity index (χ2n) is 6.08.